The van der Waals surface area contributed by atoms with Crippen molar-refractivity contribution in [2.75, 3.05) is 26.8 Å². The van der Waals surface area contributed by atoms with Gasteiger partial charge in [-0.3, -0.25) is 28.8 Å². The highest BCUT2D eigenvalue weighted by molar-refractivity contribution is 5.96. The molecule has 8 N–H and O–H groups in total. The van der Waals surface area contributed by atoms with Crippen molar-refractivity contribution in [3.8, 4) is 22.6 Å². The molecule has 0 spiro atoms. The minimum atomic E-state index is -1.32. The van der Waals surface area contributed by atoms with Crippen LogP contribution in [0.15, 0.2) is 103 Å². The van der Waals surface area contributed by atoms with Gasteiger partial charge in [-0.25, -0.2) is 9.59 Å². The summed E-state index contributed by atoms with van der Waals surface area (Å²) in [5.74, 6) is -5.80. The van der Waals surface area contributed by atoms with Gasteiger partial charge >= 0.3 is 11.9 Å². The van der Waals surface area contributed by atoms with Crippen LogP contribution in [-0.2, 0) is 57.6 Å². The van der Waals surface area contributed by atoms with Crippen LogP contribution in [0.25, 0.3) is 11.1 Å². The molecule has 0 aliphatic heterocycles. The maximum atomic E-state index is 14.7. The molecule has 18 heteroatoms. The van der Waals surface area contributed by atoms with Gasteiger partial charge in [0.25, 0.3) is 0 Å². The molecule has 0 aromatic heterocycles. The normalized spacial score (nSPS) is 13.5. The summed E-state index contributed by atoms with van der Waals surface area (Å²) in [6.45, 7) is 7.29. The topological polar surface area (TPSA) is 273 Å². The fraction of sp³-hybridized carbons (Fsp3) is 0.396. The third kappa shape index (κ3) is 18.3. The van der Waals surface area contributed by atoms with Crippen LogP contribution in [0.4, 0.5) is 0 Å². The van der Waals surface area contributed by atoms with E-state index in [1.165, 1.54) is 33.0 Å². The van der Waals surface area contributed by atoms with Crippen LogP contribution in [0.2, 0.25) is 0 Å². The number of carboxylic acids is 2. The Kier molecular flexibility index (Phi) is 21.7. The number of amides is 5. The van der Waals surface area contributed by atoms with E-state index in [9.17, 15) is 38.4 Å². The van der Waals surface area contributed by atoms with Crippen molar-refractivity contribution < 1.29 is 58.0 Å². The van der Waals surface area contributed by atoms with E-state index in [0.717, 1.165) is 21.6 Å². The molecule has 18 nitrogen and oxygen atoms in total. The number of carboxylic acid groups (broad SMARTS) is 2. The lowest BCUT2D eigenvalue weighted by Gasteiger charge is -2.31. The number of nitrogens with two attached hydrogens (primary N) is 1. The van der Waals surface area contributed by atoms with Crippen molar-refractivity contribution in [2.45, 2.75) is 96.9 Å². The van der Waals surface area contributed by atoms with Crippen LogP contribution in [0, 0.1) is 11.8 Å². The van der Waals surface area contributed by atoms with Gasteiger partial charge < -0.3 is 51.6 Å². The molecule has 4 aromatic rings. The molecule has 0 unspecified atom stereocenters. The summed E-state index contributed by atoms with van der Waals surface area (Å²) in [5, 5.41) is 29.2. The number of hydrogen-bond acceptors (Lipinski definition) is 11. The smallest absolute Gasteiger partial charge is 0.341 e. The molecule has 0 aliphatic rings. The Bertz CT molecular complexity index is 2430. The van der Waals surface area contributed by atoms with Crippen LogP contribution in [-0.4, -0.2) is 119 Å². The second-order valence-electron chi connectivity index (χ2n) is 17.9. The number of rotatable bonds is 28. The molecule has 71 heavy (non-hydrogen) atoms. The number of nitrogens with one attached hydrogen (secondary N) is 4. The number of Topliss-reactive ketones (excluding diaryl/α,β-unsaturated/α-hetero) is 1. The summed E-state index contributed by atoms with van der Waals surface area (Å²) in [5.41, 5.74) is 9.57. The molecule has 0 saturated heterocycles. The second-order valence-corrected chi connectivity index (χ2v) is 17.9. The van der Waals surface area contributed by atoms with Gasteiger partial charge in [-0.15, -0.1) is 0 Å². The van der Waals surface area contributed by atoms with Gasteiger partial charge in [0.15, 0.2) is 19.0 Å². The van der Waals surface area contributed by atoms with E-state index in [-0.39, 0.29) is 56.1 Å². The van der Waals surface area contributed by atoms with E-state index in [0.29, 0.717) is 16.9 Å². The van der Waals surface area contributed by atoms with E-state index in [4.69, 9.17) is 25.4 Å². The van der Waals surface area contributed by atoms with Gasteiger partial charge in [-0.2, -0.15) is 0 Å². The Morgan fingerprint density at radius 3 is 1.48 bits per heavy atom. The summed E-state index contributed by atoms with van der Waals surface area (Å²) in [6, 6.07) is 24.5. The first-order valence-electron chi connectivity index (χ1n) is 23.4. The van der Waals surface area contributed by atoms with Crippen molar-refractivity contribution in [3.63, 3.8) is 0 Å². The Labute approximate surface area is 414 Å². The number of nitrogens with zero attached hydrogens (tertiary/aromatic N) is 1. The molecule has 0 saturated carbocycles. The number of benzene rings is 4. The van der Waals surface area contributed by atoms with Crippen molar-refractivity contribution in [1.82, 2.24) is 26.2 Å². The lowest BCUT2D eigenvalue weighted by molar-refractivity contribution is -0.142. The zero-order valence-corrected chi connectivity index (χ0v) is 41.0. The van der Waals surface area contributed by atoms with E-state index in [1.54, 1.807) is 43.3 Å². The molecule has 0 fully saturated rings. The van der Waals surface area contributed by atoms with Gasteiger partial charge in [0, 0.05) is 25.8 Å². The standard InChI is InChI=1S/C53H66N6O12/c1-32(2)26-44(51(67)55-43(24-25-54)35(5)60)57-50(66)34(4)59(6)53(69)46(29-38-16-22-42(23-17-38)71-31-48(63)64)58-52(68)45(28-37-12-18-40(19-13-37)39-10-8-7-9-11-39)56-49(65)33(3)27-36-14-20-41(21-15-36)70-30-47(61)62/h7-23,32-34,43-46H,24-31,54H2,1-6H3,(H,55,67)(H,56,65)(H,57,66)(H,58,68)(H,61,62)(H,63,64)/t33-,34-,43-,44+,45-,46-/m0/s1. The number of ketones is 1. The van der Waals surface area contributed by atoms with E-state index in [2.05, 4.69) is 21.3 Å². The second kappa shape index (κ2) is 27.6. The summed E-state index contributed by atoms with van der Waals surface area (Å²) in [7, 11) is 1.39. The molecule has 0 bridgehead atoms. The molecule has 4 aromatic carbocycles. The summed E-state index contributed by atoms with van der Waals surface area (Å²) < 4.78 is 10.5. The van der Waals surface area contributed by atoms with Gasteiger partial charge in [0.05, 0.1) is 6.04 Å². The van der Waals surface area contributed by atoms with Gasteiger partial charge in [0.1, 0.15) is 35.7 Å². The largest absolute Gasteiger partial charge is 0.482 e. The Balaban J connectivity index is 1.63. The van der Waals surface area contributed by atoms with Crippen molar-refractivity contribution in [3.05, 3.63) is 120 Å². The molecule has 0 radical (unpaired) electrons. The quantitative estimate of drug-likeness (QED) is 0.0428. The zero-order valence-electron chi connectivity index (χ0n) is 41.0. The van der Waals surface area contributed by atoms with E-state index < -0.39 is 90.8 Å². The van der Waals surface area contributed by atoms with Crippen molar-refractivity contribution in [1.29, 1.82) is 0 Å². The van der Waals surface area contributed by atoms with Crippen LogP contribution in [0.3, 0.4) is 0 Å². The lowest BCUT2D eigenvalue weighted by atomic mass is 9.97. The predicted octanol–water partition coefficient (Wildman–Crippen LogP) is 3.71. The predicted molar refractivity (Wildman–Crippen MR) is 265 cm³/mol. The SMILES string of the molecule is CC(=O)[C@H](CCN)NC(=O)[C@@H](CC(C)C)NC(=O)[C@H](C)N(C)C(=O)[C@H](Cc1ccc(OCC(=O)O)cc1)NC(=O)[C@H](Cc1ccc(-c2ccccc2)cc1)NC(=O)[C@@H](C)Cc1ccc(OCC(=O)O)cc1. The maximum absolute atomic E-state index is 14.7. The number of carbonyl (C=O) groups is 8. The third-order valence-electron chi connectivity index (χ3n) is 11.7. The monoisotopic (exact) mass is 978 g/mol. The zero-order chi connectivity index (χ0) is 52.2. The molecule has 380 valence electrons. The number of ether oxygens (including phenoxy) is 2. The van der Waals surface area contributed by atoms with Gasteiger partial charge in [-0.1, -0.05) is 99.6 Å². The van der Waals surface area contributed by atoms with Crippen LogP contribution >= 0.6 is 0 Å². The third-order valence-corrected chi connectivity index (χ3v) is 11.7. The molecule has 6 atom stereocenters. The number of aliphatic carboxylic acids is 2. The first-order valence-corrected chi connectivity index (χ1v) is 23.4. The van der Waals surface area contributed by atoms with Crippen molar-refractivity contribution in [2.24, 2.45) is 17.6 Å². The highest BCUT2D eigenvalue weighted by Crippen LogP contribution is 2.21. The molecular formula is C53H66N6O12. The molecule has 5 amide bonds. The summed E-state index contributed by atoms with van der Waals surface area (Å²) in [6.07, 6.45) is 0.596. The number of likely N-dealkylation sites (N-methyl/N-ethyl adjacent to an activating group) is 1. The fourth-order valence-corrected chi connectivity index (χ4v) is 7.53. The van der Waals surface area contributed by atoms with Gasteiger partial charge in [-0.05, 0) is 97.7 Å². The fourth-order valence-electron chi connectivity index (χ4n) is 7.53. The van der Waals surface area contributed by atoms with Crippen molar-refractivity contribution >= 4 is 47.3 Å². The lowest BCUT2D eigenvalue weighted by Crippen LogP contribution is -2.59. The van der Waals surface area contributed by atoms with Crippen LogP contribution < -0.4 is 36.5 Å². The Hall–Kier alpha value is -7.60. The van der Waals surface area contributed by atoms with E-state index in [1.807, 2.05) is 68.4 Å². The minimum Gasteiger partial charge on any atom is -0.482 e. The first-order chi connectivity index (χ1) is 33.7. The molecule has 4 rings (SSSR count). The molecule has 0 aliphatic carbocycles. The average molecular weight is 979 g/mol. The Morgan fingerprint density at radius 1 is 0.549 bits per heavy atom. The molecule has 0 heterocycles. The summed E-state index contributed by atoms with van der Waals surface area (Å²) >= 11 is 0. The highest BCUT2D eigenvalue weighted by Gasteiger charge is 2.34. The summed E-state index contributed by atoms with van der Waals surface area (Å²) in [4.78, 5) is 106. The average Bonchev–Trinajstić information content (AvgIpc) is 3.34. The van der Waals surface area contributed by atoms with Gasteiger partial charge in [0.2, 0.25) is 29.5 Å². The number of carbonyl (C=O) groups excluding carboxylic acids is 6. The van der Waals surface area contributed by atoms with Crippen LogP contribution in [0.1, 0.15) is 64.2 Å². The number of hydrogen-bond donors (Lipinski definition) is 7. The van der Waals surface area contributed by atoms with E-state index >= 15 is 0 Å². The van der Waals surface area contributed by atoms with Crippen LogP contribution in [0.5, 0.6) is 11.5 Å². The first kappa shape index (κ1) is 56.0. The highest BCUT2D eigenvalue weighted by atomic mass is 16.5. The maximum Gasteiger partial charge on any atom is 0.341 e. The molecular weight excluding hydrogens is 913 g/mol. The minimum absolute atomic E-state index is 0.0230. The Morgan fingerprint density at radius 2 is 0.986 bits per heavy atom.